The van der Waals surface area contributed by atoms with Gasteiger partial charge in [0.05, 0.1) is 0 Å². The number of para-hydroxylation sites is 4. The van der Waals surface area contributed by atoms with E-state index in [9.17, 15) is 10.2 Å². The Hall–Kier alpha value is -3.57. The summed E-state index contributed by atoms with van der Waals surface area (Å²) in [6, 6.07) is 45.6. The molecule has 5 aromatic rings. The van der Waals surface area contributed by atoms with Gasteiger partial charge in [-0.1, -0.05) is 60.7 Å². The fourth-order valence-electron chi connectivity index (χ4n) is 2.79. The van der Waals surface area contributed by atoms with Crippen LogP contribution in [-0.2, 0) is 19.2 Å². The Morgan fingerprint density at radius 2 is 0.857 bits per heavy atom. The van der Waals surface area contributed by atoms with Gasteiger partial charge in [0.15, 0.2) is 0 Å². The SMILES string of the molecule is [O-]c1ccccc1.[O-]c1ccccc1.[SiH4].c1ccc(Oc2cccc[c]2[Ti+2][c]2ccccc2)cc1. The standard InChI is InChI=1S/C12H9O.2C6H6O.C6H5.H4Si.Ti/c1-3-7-11(8-4-1)13-12-9-5-2-6-10-12;2*7-6-4-2-1-3-5-6;1-2-4-6-5-3-1;;/h1-9H;2*1-5,7H;1-5H;1H4;/q;;;;;+2/p-2. The van der Waals surface area contributed by atoms with E-state index in [0.29, 0.717) is 0 Å². The van der Waals surface area contributed by atoms with E-state index >= 15 is 0 Å². The Bertz CT molecular complexity index is 1110. The summed E-state index contributed by atoms with van der Waals surface area (Å²) in [6.07, 6.45) is 0. The Labute approximate surface area is 220 Å². The van der Waals surface area contributed by atoms with Crippen molar-refractivity contribution in [3.8, 4) is 23.0 Å². The molecule has 0 heterocycles. The summed E-state index contributed by atoms with van der Waals surface area (Å²) in [5.74, 6) is 2.01. The second-order valence-corrected chi connectivity index (χ2v) is 9.16. The quantitative estimate of drug-likeness (QED) is 0.346. The molecule has 0 aliphatic carbocycles. The zero-order valence-electron chi connectivity index (χ0n) is 18.6. The molecular formula is C30H28O3SiTi. The van der Waals surface area contributed by atoms with Crippen molar-refractivity contribution in [1.82, 2.24) is 0 Å². The van der Waals surface area contributed by atoms with Crippen LogP contribution >= 0.6 is 0 Å². The topological polar surface area (TPSA) is 55.3 Å². The third-order valence-electron chi connectivity index (χ3n) is 4.40. The van der Waals surface area contributed by atoms with Gasteiger partial charge in [0.25, 0.3) is 0 Å². The first-order valence-corrected chi connectivity index (χ1v) is 12.3. The Balaban J connectivity index is 0.000000236. The summed E-state index contributed by atoms with van der Waals surface area (Å²) in [4.78, 5) is 0. The van der Waals surface area contributed by atoms with Crippen LogP contribution in [0.2, 0.25) is 0 Å². The van der Waals surface area contributed by atoms with Crippen molar-refractivity contribution < 1.29 is 34.1 Å². The fourth-order valence-corrected chi connectivity index (χ4v) is 4.52. The zero-order valence-corrected chi connectivity index (χ0v) is 20.1. The summed E-state index contributed by atoms with van der Waals surface area (Å²) in [5, 5.41) is 20.5. The molecule has 0 unspecified atom stereocenters. The molecule has 0 spiro atoms. The molecule has 0 saturated carbocycles. The molecule has 0 fully saturated rings. The molecule has 0 bridgehead atoms. The van der Waals surface area contributed by atoms with Crippen LogP contribution in [0.5, 0.6) is 23.0 Å². The average molecular weight is 513 g/mol. The fraction of sp³-hybridized carbons (Fsp3) is 0. The van der Waals surface area contributed by atoms with Crippen molar-refractivity contribution >= 4 is 18.7 Å². The predicted octanol–water partition coefficient (Wildman–Crippen LogP) is 3.58. The summed E-state index contributed by atoms with van der Waals surface area (Å²) in [6.45, 7) is 0. The Morgan fingerprint density at radius 3 is 1.31 bits per heavy atom. The first-order chi connectivity index (χ1) is 16.7. The van der Waals surface area contributed by atoms with Crippen LogP contribution in [0.3, 0.4) is 0 Å². The molecule has 0 saturated heterocycles. The number of rotatable bonds is 4. The molecule has 0 aromatic heterocycles. The van der Waals surface area contributed by atoms with Gasteiger partial charge in [0, 0.05) is 0 Å². The van der Waals surface area contributed by atoms with Crippen molar-refractivity contribution in [2.45, 2.75) is 0 Å². The third kappa shape index (κ3) is 10.9. The van der Waals surface area contributed by atoms with E-state index in [4.69, 9.17) is 4.74 Å². The number of ether oxygens (including phenoxy) is 1. The van der Waals surface area contributed by atoms with Crippen LogP contribution in [0.25, 0.3) is 0 Å². The molecular weight excluding hydrogens is 484 g/mol. The van der Waals surface area contributed by atoms with Crippen LogP contribution in [0.4, 0.5) is 0 Å². The maximum absolute atomic E-state index is 10.3. The van der Waals surface area contributed by atoms with E-state index in [0.717, 1.165) is 11.5 Å². The summed E-state index contributed by atoms with van der Waals surface area (Å²) < 4.78 is 8.75. The second-order valence-electron chi connectivity index (χ2n) is 7.03. The second kappa shape index (κ2) is 16.1. The van der Waals surface area contributed by atoms with Crippen molar-refractivity contribution in [2.24, 2.45) is 0 Å². The molecule has 5 aromatic carbocycles. The molecule has 35 heavy (non-hydrogen) atoms. The van der Waals surface area contributed by atoms with Crippen LogP contribution in [0.15, 0.2) is 146 Å². The number of hydrogen-bond donors (Lipinski definition) is 0. The molecule has 0 N–H and O–H groups in total. The summed E-state index contributed by atoms with van der Waals surface area (Å²) in [5.41, 5.74) is 0. The molecule has 0 atom stereocenters. The van der Waals surface area contributed by atoms with E-state index < -0.39 is 0 Å². The summed E-state index contributed by atoms with van der Waals surface area (Å²) in [7, 11) is 0. The molecule has 0 aliphatic rings. The monoisotopic (exact) mass is 512 g/mol. The van der Waals surface area contributed by atoms with E-state index in [-0.39, 0.29) is 41.6 Å². The Morgan fingerprint density at radius 1 is 0.457 bits per heavy atom. The van der Waals surface area contributed by atoms with E-state index in [1.807, 2.05) is 48.5 Å². The van der Waals surface area contributed by atoms with Gasteiger partial charge in [-0.2, -0.15) is 0 Å². The normalized spacial score (nSPS) is 9.03. The van der Waals surface area contributed by atoms with Crippen LogP contribution < -0.4 is 22.7 Å². The summed E-state index contributed by atoms with van der Waals surface area (Å²) >= 11 is -0.366. The van der Waals surface area contributed by atoms with E-state index in [2.05, 4.69) is 48.5 Å². The molecule has 3 nitrogen and oxygen atoms in total. The van der Waals surface area contributed by atoms with E-state index in [1.165, 1.54) is 32.0 Å². The molecule has 0 amide bonds. The van der Waals surface area contributed by atoms with Gasteiger partial charge in [0.1, 0.15) is 0 Å². The van der Waals surface area contributed by atoms with Crippen molar-refractivity contribution in [3.05, 3.63) is 146 Å². The van der Waals surface area contributed by atoms with Crippen molar-refractivity contribution in [1.29, 1.82) is 0 Å². The third-order valence-corrected chi connectivity index (χ3v) is 6.43. The number of benzene rings is 5. The molecule has 5 rings (SSSR count). The molecule has 5 heteroatoms. The average Bonchev–Trinajstić information content (AvgIpc) is 2.88. The molecule has 174 valence electrons. The van der Waals surface area contributed by atoms with Gasteiger partial charge < -0.3 is 10.2 Å². The number of hydrogen-bond acceptors (Lipinski definition) is 3. The molecule has 0 aliphatic heterocycles. The van der Waals surface area contributed by atoms with Crippen LogP contribution in [0.1, 0.15) is 0 Å². The van der Waals surface area contributed by atoms with Gasteiger partial charge in [0.2, 0.25) is 0 Å². The van der Waals surface area contributed by atoms with Gasteiger partial charge in [-0.25, -0.2) is 0 Å². The van der Waals surface area contributed by atoms with Gasteiger partial charge >= 0.3 is 128 Å². The maximum atomic E-state index is 10.3. The predicted molar refractivity (Wildman–Crippen MR) is 142 cm³/mol. The van der Waals surface area contributed by atoms with Gasteiger partial charge in [-0.3, -0.25) is 0 Å². The minimum atomic E-state index is -0.366. The minimum absolute atomic E-state index is 0. The molecule has 0 radical (unpaired) electrons. The van der Waals surface area contributed by atoms with Crippen molar-refractivity contribution in [3.63, 3.8) is 0 Å². The van der Waals surface area contributed by atoms with E-state index in [1.54, 1.807) is 24.3 Å². The first kappa shape index (κ1) is 27.7. The zero-order chi connectivity index (χ0) is 23.8. The van der Waals surface area contributed by atoms with Crippen molar-refractivity contribution in [2.75, 3.05) is 0 Å². The van der Waals surface area contributed by atoms with Gasteiger partial charge in [-0.15, -0.1) is 11.5 Å². The first-order valence-electron chi connectivity index (χ1n) is 10.8. The van der Waals surface area contributed by atoms with Crippen LogP contribution in [-0.4, -0.2) is 11.0 Å². The van der Waals surface area contributed by atoms with Gasteiger partial charge in [-0.05, 0) is 11.0 Å². The van der Waals surface area contributed by atoms with Crippen LogP contribution in [0, 0.1) is 0 Å². The Kier molecular flexibility index (Phi) is 12.7.